The SMILES string of the molecule is COCCC(C)(C)CNS(=O)(=O)c1cc(N)cc(F)c1C. The Morgan fingerprint density at radius 1 is 1.38 bits per heavy atom. The quantitative estimate of drug-likeness (QED) is 0.754. The van der Waals surface area contributed by atoms with Gasteiger partial charge in [-0.25, -0.2) is 17.5 Å². The molecule has 5 nitrogen and oxygen atoms in total. The Kier molecular flexibility index (Phi) is 5.72. The summed E-state index contributed by atoms with van der Waals surface area (Å²) in [7, 11) is -2.21. The van der Waals surface area contributed by atoms with Crippen LogP contribution < -0.4 is 10.5 Å². The van der Waals surface area contributed by atoms with E-state index in [1.54, 1.807) is 7.11 Å². The summed E-state index contributed by atoms with van der Waals surface area (Å²) < 4.78 is 45.8. The minimum Gasteiger partial charge on any atom is -0.399 e. The van der Waals surface area contributed by atoms with E-state index in [1.165, 1.54) is 13.0 Å². The number of hydrogen-bond donors (Lipinski definition) is 2. The van der Waals surface area contributed by atoms with Crippen molar-refractivity contribution < 1.29 is 17.5 Å². The molecule has 0 atom stereocenters. The van der Waals surface area contributed by atoms with E-state index in [-0.39, 0.29) is 28.1 Å². The third-order valence-electron chi connectivity index (χ3n) is 3.33. The van der Waals surface area contributed by atoms with Gasteiger partial charge in [-0.15, -0.1) is 0 Å². The Bertz CT molecular complexity index is 600. The van der Waals surface area contributed by atoms with Gasteiger partial charge in [-0.2, -0.15) is 0 Å². The maximum atomic E-state index is 13.6. The van der Waals surface area contributed by atoms with Gasteiger partial charge in [0.15, 0.2) is 0 Å². The Hall–Kier alpha value is -1.18. The van der Waals surface area contributed by atoms with Gasteiger partial charge in [0.05, 0.1) is 4.90 Å². The predicted molar refractivity (Wildman–Crippen MR) is 81.0 cm³/mol. The molecule has 0 bridgehead atoms. The molecule has 3 N–H and O–H groups in total. The molecule has 0 amide bonds. The highest BCUT2D eigenvalue weighted by Gasteiger charge is 2.24. The fourth-order valence-corrected chi connectivity index (χ4v) is 3.32. The third kappa shape index (κ3) is 4.94. The van der Waals surface area contributed by atoms with Crippen LogP contribution in [0.1, 0.15) is 25.8 Å². The van der Waals surface area contributed by atoms with Crippen LogP contribution in [0.3, 0.4) is 0 Å². The lowest BCUT2D eigenvalue weighted by molar-refractivity contribution is 0.153. The van der Waals surface area contributed by atoms with E-state index in [4.69, 9.17) is 10.5 Å². The number of nitrogen functional groups attached to an aromatic ring is 1. The molecule has 0 saturated carbocycles. The van der Waals surface area contributed by atoms with Crippen molar-refractivity contribution in [3.63, 3.8) is 0 Å². The van der Waals surface area contributed by atoms with Crippen LogP contribution in [0.15, 0.2) is 17.0 Å². The lowest BCUT2D eigenvalue weighted by Crippen LogP contribution is -2.35. The van der Waals surface area contributed by atoms with E-state index < -0.39 is 15.8 Å². The molecule has 1 aromatic rings. The number of halogens is 1. The molecule has 0 aliphatic heterocycles. The second-order valence-electron chi connectivity index (χ2n) is 5.86. The van der Waals surface area contributed by atoms with Crippen LogP contribution in [0.5, 0.6) is 0 Å². The number of ether oxygens (including phenoxy) is 1. The van der Waals surface area contributed by atoms with Crippen molar-refractivity contribution in [2.45, 2.75) is 32.1 Å². The molecule has 1 rings (SSSR count). The van der Waals surface area contributed by atoms with Gasteiger partial charge < -0.3 is 10.5 Å². The lowest BCUT2D eigenvalue weighted by Gasteiger charge is -2.24. The molecule has 0 saturated heterocycles. The summed E-state index contributed by atoms with van der Waals surface area (Å²) in [5, 5.41) is 0. The van der Waals surface area contributed by atoms with Gasteiger partial charge in [-0.05, 0) is 30.9 Å². The molecule has 0 spiro atoms. The largest absolute Gasteiger partial charge is 0.399 e. The second kappa shape index (κ2) is 6.72. The number of hydrogen-bond acceptors (Lipinski definition) is 4. The van der Waals surface area contributed by atoms with Gasteiger partial charge in [0.2, 0.25) is 10.0 Å². The molecule has 0 aliphatic rings. The fourth-order valence-electron chi connectivity index (χ4n) is 1.79. The summed E-state index contributed by atoms with van der Waals surface area (Å²) in [5.74, 6) is -0.631. The predicted octanol–water partition coefficient (Wildman–Crippen LogP) is 2.06. The number of rotatable bonds is 7. The molecule has 0 heterocycles. The van der Waals surface area contributed by atoms with Crippen molar-refractivity contribution in [2.24, 2.45) is 5.41 Å². The Morgan fingerprint density at radius 2 is 2.00 bits per heavy atom. The number of nitrogens with two attached hydrogens (primary N) is 1. The highest BCUT2D eigenvalue weighted by Crippen LogP contribution is 2.24. The molecule has 0 aliphatic carbocycles. The summed E-state index contributed by atoms with van der Waals surface area (Å²) in [4.78, 5) is -0.123. The van der Waals surface area contributed by atoms with Crippen LogP contribution in [0.25, 0.3) is 0 Å². The Morgan fingerprint density at radius 3 is 2.57 bits per heavy atom. The van der Waals surface area contributed by atoms with Crippen molar-refractivity contribution in [1.82, 2.24) is 4.72 Å². The Labute approximate surface area is 125 Å². The third-order valence-corrected chi connectivity index (χ3v) is 4.86. The first kappa shape index (κ1) is 17.9. The summed E-state index contributed by atoms with van der Waals surface area (Å²) in [5.41, 5.74) is 5.40. The van der Waals surface area contributed by atoms with E-state index in [0.29, 0.717) is 13.0 Å². The summed E-state index contributed by atoms with van der Waals surface area (Å²) >= 11 is 0. The molecule has 21 heavy (non-hydrogen) atoms. The standard InChI is InChI=1S/C14H23FN2O3S/c1-10-12(15)7-11(16)8-13(10)21(18,19)17-9-14(2,3)5-6-20-4/h7-8,17H,5-6,9,16H2,1-4H3. The van der Waals surface area contributed by atoms with Crippen LogP contribution in [0, 0.1) is 18.2 Å². The first-order valence-electron chi connectivity index (χ1n) is 6.63. The van der Waals surface area contributed by atoms with Crippen LogP contribution in [0.2, 0.25) is 0 Å². The average Bonchev–Trinajstić information content (AvgIpc) is 2.38. The maximum Gasteiger partial charge on any atom is 0.241 e. The first-order valence-corrected chi connectivity index (χ1v) is 8.11. The minimum atomic E-state index is -3.80. The molecule has 120 valence electrons. The van der Waals surface area contributed by atoms with Gasteiger partial charge in [0.25, 0.3) is 0 Å². The zero-order valence-corrected chi connectivity index (χ0v) is 13.7. The second-order valence-corrected chi connectivity index (χ2v) is 7.59. The number of anilines is 1. The van der Waals surface area contributed by atoms with Crippen molar-refractivity contribution in [1.29, 1.82) is 0 Å². The van der Waals surface area contributed by atoms with Crippen molar-refractivity contribution in [2.75, 3.05) is 26.0 Å². The number of benzene rings is 1. The van der Waals surface area contributed by atoms with Crippen molar-refractivity contribution in [3.8, 4) is 0 Å². The van der Waals surface area contributed by atoms with E-state index in [9.17, 15) is 12.8 Å². The topological polar surface area (TPSA) is 81.4 Å². The molecule has 0 radical (unpaired) electrons. The summed E-state index contributed by atoms with van der Waals surface area (Å²) in [6.07, 6.45) is 0.705. The van der Waals surface area contributed by atoms with Crippen LogP contribution >= 0.6 is 0 Å². The molecule has 0 unspecified atom stereocenters. The van der Waals surface area contributed by atoms with Crippen LogP contribution in [0.4, 0.5) is 10.1 Å². The van der Waals surface area contributed by atoms with Crippen molar-refractivity contribution >= 4 is 15.7 Å². The van der Waals surface area contributed by atoms with Gasteiger partial charge >= 0.3 is 0 Å². The smallest absolute Gasteiger partial charge is 0.241 e. The molecular formula is C14H23FN2O3S. The number of sulfonamides is 1. The van der Waals surface area contributed by atoms with E-state index in [0.717, 1.165) is 6.07 Å². The molecule has 0 aromatic heterocycles. The molecule has 7 heteroatoms. The number of methoxy groups -OCH3 is 1. The van der Waals surface area contributed by atoms with E-state index >= 15 is 0 Å². The normalized spacial score (nSPS) is 12.6. The van der Waals surface area contributed by atoms with Gasteiger partial charge in [0, 0.05) is 31.5 Å². The monoisotopic (exact) mass is 318 g/mol. The first-order chi connectivity index (χ1) is 9.59. The highest BCUT2D eigenvalue weighted by atomic mass is 32.2. The van der Waals surface area contributed by atoms with E-state index in [2.05, 4.69) is 4.72 Å². The highest BCUT2D eigenvalue weighted by molar-refractivity contribution is 7.89. The zero-order chi connectivity index (χ0) is 16.3. The maximum absolute atomic E-state index is 13.6. The van der Waals surface area contributed by atoms with Crippen LogP contribution in [-0.4, -0.2) is 28.7 Å². The summed E-state index contributed by atoms with van der Waals surface area (Å²) in [6, 6.07) is 2.37. The zero-order valence-electron chi connectivity index (χ0n) is 12.9. The van der Waals surface area contributed by atoms with Gasteiger partial charge in [-0.3, -0.25) is 0 Å². The molecule has 1 aromatic carbocycles. The fraction of sp³-hybridized carbons (Fsp3) is 0.571. The lowest BCUT2D eigenvalue weighted by atomic mass is 9.90. The van der Waals surface area contributed by atoms with Crippen molar-refractivity contribution in [3.05, 3.63) is 23.5 Å². The minimum absolute atomic E-state index is 0.0615. The van der Waals surface area contributed by atoms with Gasteiger partial charge in [0.1, 0.15) is 5.82 Å². The molecular weight excluding hydrogens is 295 g/mol. The van der Waals surface area contributed by atoms with Gasteiger partial charge in [-0.1, -0.05) is 13.8 Å². The summed E-state index contributed by atoms with van der Waals surface area (Å²) in [6.45, 7) is 6.05. The number of nitrogens with one attached hydrogen (secondary N) is 1. The van der Waals surface area contributed by atoms with E-state index in [1.807, 2.05) is 13.8 Å². The van der Waals surface area contributed by atoms with Crippen LogP contribution in [-0.2, 0) is 14.8 Å². The molecule has 0 fully saturated rings. The average molecular weight is 318 g/mol. The Balaban J connectivity index is 2.93.